The molecule has 0 unspecified atom stereocenters. The van der Waals surface area contributed by atoms with E-state index in [1.165, 1.54) is 4.31 Å². The van der Waals surface area contributed by atoms with Gasteiger partial charge in [0.1, 0.15) is 0 Å². The Kier molecular flexibility index (Phi) is 4.67. The van der Waals surface area contributed by atoms with Crippen molar-refractivity contribution in [3.63, 3.8) is 0 Å². The van der Waals surface area contributed by atoms with Crippen molar-refractivity contribution in [3.8, 4) is 0 Å². The molecule has 1 fully saturated rings. The van der Waals surface area contributed by atoms with Crippen molar-refractivity contribution in [3.05, 3.63) is 29.3 Å². The fourth-order valence-electron chi connectivity index (χ4n) is 2.33. The highest BCUT2D eigenvalue weighted by atomic mass is 32.2. The van der Waals surface area contributed by atoms with E-state index in [-0.39, 0.29) is 0 Å². The van der Waals surface area contributed by atoms with Crippen LogP contribution in [0.4, 0.5) is 5.69 Å². The lowest BCUT2D eigenvalue weighted by Gasteiger charge is -2.29. The van der Waals surface area contributed by atoms with E-state index in [0.717, 1.165) is 24.0 Å². The van der Waals surface area contributed by atoms with Crippen LogP contribution in [0.1, 0.15) is 30.9 Å². The third kappa shape index (κ3) is 3.50. The SMILES string of the molecule is Cc1ccc(CN)cc1NS(=O)(=O)N1CCC(C)CC1. The molecular weight excluding hydrogens is 274 g/mol. The summed E-state index contributed by atoms with van der Waals surface area (Å²) in [5.74, 6) is 0.601. The maximum atomic E-state index is 12.4. The first-order chi connectivity index (χ1) is 9.42. The van der Waals surface area contributed by atoms with Gasteiger partial charge in [-0.2, -0.15) is 12.7 Å². The van der Waals surface area contributed by atoms with Gasteiger partial charge in [-0.05, 0) is 42.9 Å². The zero-order valence-electron chi connectivity index (χ0n) is 12.1. The number of nitrogens with zero attached hydrogens (tertiary/aromatic N) is 1. The van der Waals surface area contributed by atoms with Crippen molar-refractivity contribution >= 4 is 15.9 Å². The second-order valence-corrected chi connectivity index (χ2v) is 7.21. The predicted molar refractivity (Wildman–Crippen MR) is 81.6 cm³/mol. The van der Waals surface area contributed by atoms with Crippen LogP contribution in [-0.4, -0.2) is 25.8 Å². The number of hydrogen-bond donors (Lipinski definition) is 2. The number of benzene rings is 1. The monoisotopic (exact) mass is 297 g/mol. The molecule has 20 heavy (non-hydrogen) atoms. The van der Waals surface area contributed by atoms with Gasteiger partial charge < -0.3 is 5.73 Å². The molecule has 0 spiro atoms. The Labute approximate surface area is 121 Å². The maximum absolute atomic E-state index is 12.4. The molecule has 1 aliphatic heterocycles. The maximum Gasteiger partial charge on any atom is 0.301 e. The molecule has 1 aromatic carbocycles. The third-order valence-electron chi connectivity index (χ3n) is 3.86. The van der Waals surface area contributed by atoms with E-state index >= 15 is 0 Å². The highest BCUT2D eigenvalue weighted by Gasteiger charge is 2.26. The van der Waals surface area contributed by atoms with Crippen LogP contribution in [0.25, 0.3) is 0 Å². The van der Waals surface area contributed by atoms with Crippen molar-refractivity contribution in [2.75, 3.05) is 17.8 Å². The Morgan fingerprint density at radius 2 is 2.00 bits per heavy atom. The molecule has 6 heteroatoms. The first-order valence-corrected chi connectivity index (χ1v) is 8.44. The van der Waals surface area contributed by atoms with Crippen LogP contribution in [0.5, 0.6) is 0 Å². The summed E-state index contributed by atoms with van der Waals surface area (Å²) in [5, 5.41) is 0. The van der Waals surface area contributed by atoms with Gasteiger partial charge in [0.15, 0.2) is 0 Å². The highest BCUT2D eigenvalue weighted by molar-refractivity contribution is 7.90. The molecular formula is C14H23N3O2S. The minimum Gasteiger partial charge on any atom is -0.326 e. The standard InChI is InChI=1S/C14H23N3O2S/c1-11-5-7-17(8-6-11)20(18,19)16-14-9-13(10-15)4-3-12(14)2/h3-4,9,11,16H,5-8,10,15H2,1-2H3. The summed E-state index contributed by atoms with van der Waals surface area (Å²) in [6.07, 6.45) is 1.84. The van der Waals surface area contributed by atoms with Crippen molar-refractivity contribution in [1.29, 1.82) is 0 Å². The van der Waals surface area contributed by atoms with Crippen molar-refractivity contribution in [1.82, 2.24) is 4.31 Å². The first kappa shape index (κ1) is 15.3. The van der Waals surface area contributed by atoms with Crippen LogP contribution in [0.15, 0.2) is 18.2 Å². The molecule has 0 aromatic heterocycles. The number of anilines is 1. The molecule has 0 bridgehead atoms. The summed E-state index contributed by atoms with van der Waals surface area (Å²) >= 11 is 0. The molecule has 0 aliphatic carbocycles. The van der Waals surface area contributed by atoms with Crippen LogP contribution in [-0.2, 0) is 16.8 Å². The van der Waals surface area contributed by atoms with Gasteiger partial charge in [-0.1, -0.05) is 19.1 Å². The van der Waals surface area contributed by atoms with Gasteiger partial charge in [0, 0.05) is 19.6 Å². The van der Waals surface area contributed by atoms with Gasteiger partial charge in [0.05, 0.1) is 5.69 Å². The second-order valence-electron chi connectivity index (χ2n) is 5.54. The van der Waals surface area contributed by atoms with Crippen LogP contribution in [0, 0.1) is 12.8 Å². The lowest BCUT2D eigenvalue weighted by atomic mass is 10.0. The van der Waals surface area contributed by atoms with E-state index < -0.39 is 10.2 Å². The summed E-state index contributed by atoms with van der Waals surface area (Å²) in [7, 11) is -3.46. The fourth-order valence-corrected chi connectivity index (χ4v) is 3.65. The van der Waals surface area contributed by atoms with Crippen LogP contribution in [0.2, 0.25) is 0 Å². The molecule has 1 heterocycles. The van der Waals surface area contributed by atoms with Crippen molar-refractivity contribution < 1.29 is 8.42 Å². The Hall–Kier alpha value is -1.11. The smallest absolute Gasteiger partial charge is 0.301 e. The molecule has 0 radical (unpaired) electrons. The Bertz CT molecular complexity index is 564. The van der Waals surface area contributed by atoms with Gasteiger partial charge in [-0.3, -0.25) is 4.72 Å². The topological polar surface area (TPSA) is 75.4 Å². The number of rotatable bonds is 4. The highest BCUT2D eigenvalue weighted by Crippen LogP contribution is 2.22. The molecule has 1 saturated heterocycles. The van der Waals surface area contributed by atoms with Gasteiger partial charge in [0.2, 0.25) is 0 Å². The normalized spacial score (nSPS) is 18.1. The summed E-state index contributed by atoms with van der Waals surface area (Å²) in [5.41, 5.74) is 8.04. The number of aryl methyl sites for hydroxylation is 1. The molecule has 1 aromatic rings. The van der Waals surface area contributed by atoms with Crippen LogP contribution >= 0.6 is 0 Å². The predicted octanol–water partition coefficient (Wildman–Crippen LogP) is 1.84. The fraction of sp³-hybridized carbons (Fsp3) is 0.571. The molecule has 0 atom stereocenters. The summed E-state index contributed by atoms with van der Waals surface area (Å²) in [6.45, 7) is 5.62. The number of nitrogens with one attached hydrogen (secondary N) is 1. The molecule has 1 aliphatic rings. The molecule has 0 saturated carbocycles. The number of piperidine rings is 1. The first-order valence-electron chi connectivity index (χ1n) is 7.00. The van der Waals surface area contributed by atoms with Gasteiger partial charge in [-0.15, -0.1) is 0 Å². The second kappa shape index (κ2) is 6.11. The summed E-state index contributed by atoms with van der Waals surface area (Å²) < 4.78 is 29.0. The molecule has 5 nitrogen and oxygen atoms in total. The average molecular weight is 297 g/mol. The largest absolute Gasteiger partial charge is 0.326 e. The molecule has 0 amide bonds. The molecule has 112 valence electrons. The number of hydrogen-bond acceptors (Lipinski definition) is 3. The zero-order valence-corrected chi connectivity index (χ0v) is 12.9. The van der Waals surface area contributed by atoms with Gasteiger partial charge in [0.25, 0.3) is 0 Å². The van der Waals surface area contributed by atoms with Crippen LogP contribution < -0.4 is 10.5 Å². The Morgan fingerprint density at radius 1 is 1.35 bits per heavy atom. The van der Waals surface area contributed by atoms with E-state index in [1.807, 2.05) is 19.1 Å². The molecule has 2 rings (SSSR count). The van der Waals surface area contributed by atoms with E-state index in [0.29, 0.717) is 31.2 Å². The van der Waals surface area contributed by atoms with E-state index in [2.05, 4.69) is 11.6 Å². The van der Waals surface area contributed by atoms with E-state index in [1.54, 1.807) is 6.07 Å². The summed E-state index contributed by atoms with van der Waals surface area (Å²) in [4.78, 5) is 0. The van der Waals surface area contributed by atoms with Crippen molar-refractivity contribution in [2.45, 2.75) is 33.2 Å². The van der Waals surface area contributed by atoms with Crippen LogP contribution in [0.3, 0.4) is 0 Å². The summed E-state index contributed by atoms with van der Waals surface area (Å²) in [6, 6.07) is 5.60. The van der Waals surface area contributed by atoms with Gasteiger partial charge >= 0.3 is 10.2 Å². The minimum absolute atomic E-state index is 0.399. The average Bonchev–Trinajstić information content (AvgIpc) is 2.41. The zero-order chi connectivity index (χ0) is 14.8. The minimum atomic E-state index is -3.46. The Morgan fingerprint density at radius 3 is 2.60 bits per heavy atom. The Balaban J connectivity index is 2.16. The van der Waals surface area contributed by atoms with E-state index in [9.17, 15) is 8.42 Å². The van der Waals surface area contributed by atoms with Gasteiger partial charge in [-0.25, -0.2) is 0 Å². The quantitative estimate of drug-likeness (QED) is 0.890. The van der Waals surface area contributed by atoms with Crippen molar-refractivity contribution in [2.24, 2.45) is 11.7 Å². The van der Waals surface area contributed by atoms with E-state index in [4.69, 9.17) is 5.73 Å². The third-order valence-corrected chi connectivity index (χ3v) is 5.38. The lowest BCUT2D eigenvalue weighted by Crippen LogP contribution is -2.41. The molecule has 3 N–H and O–H groups in total. The number of nitrogens with two attached hydrogens (primary N) is 1. The lowest BCUT2D eigenvalue weighted by molar-refractivity contribution is 0.289.